The summed E-state index contributed by atoms with van der Waals surface area (Å²) in [5, 5.41) is 4.46. The average molecular weight is 343 g/mol. The number of hydrogen-bond acceptors (Lipinski definition) is 4. The Morgan fingerprint density at radius 3 is 2.83 bits per heavy atom. The van der Waals surface area contributed by atoms with Crippen LogP contribution in [-0.4, -0.2) is 15.5 Å². The SMILES string of the molecule is Cc1ccc(NC(=O)Cn2cnc(-c3cccs3)cc2=O)cc1F. The van der Waals surface area contributed by atoms with Crippen LogP contribution in [0.4, 0.5) is 10.1 Å². The molecule has 0 aliphatic carbocycles. The van der Waals surface area contributed by atoms with E-state index in [2.05, 4.69) is 10.3 Å². The fraction of sp³-hybridized carbons (Fsp3) is 0.118. The third-order valence-corrected chi connectivity index (χ3v) is 4.32. The number of halogens is 1. The molecule has 7 heteroatoms. The van der Waals surface area contributed by atoms with Crippen molar-refractivity contribution in [3.63, 3.8) is 0 Å². The Kier molecular flexibility index (Phi) is 4.52. The monoisotopic (exact) mass is 343 g/mol. The number of amides is 1. The van der Waals surface area contributed by atoms with Gasteiger partial charge in [-0.2, -0.15) is 0 Å². The van der Waals surface area contributed by atoms with Crippen molar-refractivity contribution >= 4 is 22.9 Å². The molecule has 0 unspecified atom stereocenters. The highest BCUT2D eigenvalue weighted by atomic mass is 32.1. The molecule has 0 atom stereocenters. The first-order valence-electron chi connectivity index (χ1n) is 7.19. The van der Waals surface area contributed by atoms with E-state index in [1.807, 2.05) is 17.5 Å². The van der Waals surface area contributed by atoms with Crippen molar-refractivity contribution in [2.45, 2.75) is 13.5 Å². The number of benzene rings is 1. The van der Waals surface area contributed by atoms with E-state index >= 15 is 0 Å². The molecule has 0 saturated heterocycles. The number of nitrogens with zero attached hydrogens (tertiary/aromatic N) is 2. The van der Waals surface area contributed by atoms with Crippen LogP contribution in [-0.2, 0) is 11.3 Å². The number of rotatable bonds is 4. The lowest BCUT2D eigenvalue weighted by Crippen LogP contribution is -2.27. The van der Waals surface area contributed by atoms with E-state index in [1.54, 1.807) is 19.1 Å². The molecule has 0 fully saturated rings. The highest BCUT2D eigenvalue weighted by molar-refractivity contribution is 7.13. The maximum absolute atomic E-state index is 13.5. The first-order valence-corrected chi connectivity index (χ1v) is 8.07. The normalized spacial score (nSPS) is 10.6. The number of carbonyl (C=O) groups is 1. The van der Waals surface area contributed by atoms with E-state index < -0.39 is 11.7 Å². The topological polar surface area (TPSA) is 64.0 Å². The molecule has 122 valence electrons. The molecule has 2 aromatic heterocycles. The summed E-state index contributed by atoms with van der Waals surface area (Å²) in [5.41, 5.74) is 1.10. The van der Waals surface area contributed by atoms with Crippen LogP contribution in [0.25, 0.3) is 10.6 Å². The Bertz CT molecular complexity index is 935. The maximum atomic E-state index is 13.5. The largest absolute Gasteiger partial charge is 0.324 e. The summed E-state index contributed by atoms with van der Waals surface area (Å²) in [6.07, 6.45) is 1.34. The summed E-state index contributed by atoms with van der Waals surface area (Å²) >= 11 is 1.48. The van der Waals surface area contributed by atoms with E-state index in [0.29, 0.717) is 16.9 Å². The van der Waals surface area contributed by atoms with Crippen LogP contribution < -0.4 is 10.9 Å². The molecule has 0 spiro atoms. The highest BCUT2D eigenvalue weighted by Crippen LogP contribution is 2.20. The number of aryl methyl sites for hydroxylation is 1. The number of hydrogen-bond donors (Lipinski definition) is 1. The van der Waals surface area contributed by atoms with Gasteiger partial charge in [0.15, 0.2) is 0 Å². The Morgan fingerprint density at radius 1 is 1.33 bits per heavy atom. The molecule has 3 rings (SSSR count). The second-order valence-electron chi connectivity index (χ2n) is 5.23. The van der Waals surface area contributed by atoms with Gasteiger partial charge in [0.1, 0.15) is 12.4 Å². The van der Waals surface area contributed by atoms with Crippen LogP contribution in [0.2, 0.25) is 0 Å². The smallest absolute Gasteiger partial charge is 0.254 e. The first kappa shape index (κ1) is 16.1. The summed E-state index contributed by atoms with van der Waals surface area (Å²) < 4.78 is 14.7. The minimum Gasteiger partial charge on any atom is -0.324 e. The Labute approximate surface area is 141 Å². The van der Waals surface area contributed by atoms with E-state index in [0.717, 1.165) is 4.88 Å². The summed E-state index contributed by atoms with van der Waals surface area (Å²) in [5.74, 6) is -0.821. The first-order chi connectivity index (χ1) is 11.5. The molecule has 5 nitrogen and oxygen atoms in total. The molecule has 0 radical (unpaired) electrons. The third kappa shape index (κ3) is 3.57. The van der Waals surface area contributed by atoms with Gasteiger partial charge in [0, 0.05) is 11.8 Å². The van der Waals surface area contributed by atoms with Crippen LogP contribution in [0.5, 0.6) is 0 Å². The zero-order chi connectivity index (χ0) is 17.1. The predicted octanol–water partition coefficient (Wildman–Crippen LogP) is 3.06. The second-order valence-corrected chi connectivity index (χ2v) is 6.18. The van der Waals surface area contributed by atoms with Gasteiger partial charge in [-0.1, -0.05) is 12.1 Å². The van der Waals surface area contributed by atoms with Crippen LogP contribution in [0.1, 0.15) is 5.56 Å². The standard InChI is InChI=1S/C17H14FN3O2S/c1-11-4-5-12(7-13(11)18)20-16(22)9-21-10-19-14(8-17(21)23)15-3-2-6-24-15/h2-8,10H,9H2,1H3,(H,20,22). The second kappa shape index (κ2) is 6.76. The van der Waals surface area contributed by atoms with E-state index in [4.69, 9.17) is 0 Å². The summed E-state index contributed by atoms with van der Waals surface area (Å²) in [6.45, 7) is 1.45. The molecule has 0 aliphatic heterocycles. The average Bonchev–Trinajstić information content (AvgIpc) is 3.07. The molecule has 0 aliphatic rings. The lowest BCUT2D eigenvalue weighted by Gasteiger charge is -2.08. The molecule has 0 bridgehead atoms. The third-order valence-electron chi connectivity index (χ3n) is 3.42. The van der Waals surface area contributed by atoms with Gasteiger partial charge in [-0.15, -0.1) is 11.3 Å². The van der Waals surface area contributed by atoms with E-state index in [9.17, 15) is 14.0 Å². The van der Waals surface area contributed by atoms with Crippen LogP contribution in [0.3, 0.4) is 0 Å². The van der Waals surface area contributed by atoms with E-state index in [1.165, 1.54) is 34.4 Å². The fourth-order valence-electron chi connectivity index (χ4n) is 2.13. The lowest BCUT2D eigenvalue weighted by atomic mass is 10.2. The number of carbonyl (C=O) groups excluding carboxylic acids is 1. The van der Waals surface area contributed by atoms with Gasteiger partial charge in [0.05, 0.1) is 16.9 Å². The zero-order valence-electron chi connectivity index (χ0n) is 12.8. The molecule has 0 saturated carbocycles. The van der Waals surface area contributed by atoms with Crippen molar-refractivity contribution in [1.29, 1.82) is 0 Å². The van der Waals surface area contributed by atoms with Gasteiger partial charge in [-0.05, 0) is 36.1 Å². The van der Waals surface area contributed by atoms with E-state index in [-0.39, 0.29) is 12.1 Å². The Hall–Kier alpha value is -2.80. The maximum Gasteiger partial charge on any atom is 0.254 e. The quantitative estimate of drug-likeness (QED) is 0.792. The predicted molar refractivity (Wildman–Crippen MR) is 91.6 cm³/mol. The fourth-order valence-corrected chi connectivity index (χ4v) is 2.82. The van der Waals surface area contributed by atoms with Gasteiger partial charge in [-0.25, -0.2) is 9.37 Å². The minimum absolute atomic E-state index is 0.188. The number of anilines is 1. The number of aromatic nitrogens is 2. The van der Waals surface area contributed by atoms with Crippen molar-refractivity contribution < 1.29 is 9.18 Å². The van der Waals surface area contributed by atoms with Crippen molar-refractivity contribution in [2.24, 2.45) is 0 Å². The summed E-state index contributed by atoms with van der Waals surface area (Å²) in [7, 11) is 0. The molecule has 24 heavy (non-hydrogen) atoms. The molecule has 1 N–H and O–H groups in total. The lowest BCUT2D eigenvalue weighted by molar-refractivity contribution is -0.116. The van der Waals surface area contributed by atoms with Crippen molar-refractivity contribution in [2.75, 3.05) is 5.32 Å². The molecule has 2 heterocycles. The number of nitrogens with one attached hydrogen (secondary N) is 1. The van der Waals surface area contributed by atoms with Crippen molar-refractivity contribution in [3.05, 3.63) is 69.8 Å². The van der Waals surface area contributed by atoms with Gasteiger partial charge < -0.3 is 5.32 Å². The summed E-state index contributed by atoms with van der Waals surface area (Å²) in [6, 6.07) is 9.57. The van der Waals surface area contributed by atoms with Crippen LogP contribution in [0.15, 0.2) is 52.9 Å². The highest BCUT2D eigenvalue weighted by Gasteiger charge is 2.09. The van der Waals surface area contributed by atoms with Gasteiger partial charge in [0.25, 0.3) is 5.56 Å². The molecular formula is C17H14FN3O2S. The van der Waals surface area contributed by atoms with Gasteiger partial charge >= 0.3 is 0 Å². The van der Waals surface area contributed by atoms with Gasteiger partial charge in [0.2, 0.25) is 5.91 Å². The molecule has 3 aromatic rings. The van der Waals surface area contributed by atoms with Crippen LogP contribution >= 0.6 is 11.3 Å². The van der Waals surface area contributed by atoms with Crippen molar-refractivity contribution in [3.8, 4) is 10.6 Å². The van der Waals surface area contributed by atoms with Gasteiger partial charge in [-0.3, -0.25) is 14.2 Å². The van der Waals surface area contributed by atoms with Crippen molar-refractivity contribution in [1.82, 2.24) is 9.55 Å². The molecule has 1 aromatic carbocycles. The van der Waals surface area contributed by atoms with Crippen LogP contribution in [0, 0.1) is 12.7 Å². The Morgan fingerprint density at radius 2 is 2.17 bits per heavy atom. The summed E-state index contributed by atoms with van der Waals surface area (Å²) in [4.78, 5) is 29.2. The molecule has 1 amide bonds. The number of thiophene rings is 1. The molecular weight excluding hydrogens is 329 g/mol. The Balaban J connectivity index is 1.72. The minimum atomic E-state index is -0.425. The zero-order valence-corrected chi connectivity index (χ0v) is 13.6.